The van der Waals surface area contributed by atoms with E-state index in [-0.39, 0.29) is 5.75 Å². The Bertz CT molecular complexity index is 293. The number of sulfonamides is 1. The highest BCUT2D eigenvalue weighted by molar-refractivity contribution is 7.89. The molecule has 1 fully saturated rings. The van der Waals surface area contributed by atoms with E-state index in [1.165, 1.54) is 0 Å². The van der Waals surface area contributed by atoms with Crippen molar-refractivity contribution < 1.29 is 8.42 Å². The van der Waals surface area contributed by atoms with Crippen LogP contribution in [0, 0.1) is 5.92 Å². The SMILES string of the molecule is CCS(=O)(=O)N1CCC(NCC(C)C)CC1. The van der Waals surface area contributed by atoms with Crippen molar-refractivity contribution in [3.8, 4) is 0 Å². The molecular formula is C11H24N2O2S. The second-order valence-corrected chi connectivity index (χ2v) is 7.13. The van der Waals surface area contributed by atoms with Gasteiger partial charge in [0.05, 0.1) is 5.75 Å². The number of nitrogens with one attached hydrogen (secondary N) is 1. The second-order valence-electron chi connectivity index (χ2n) is 4.88. The smallest absolute Gasteiger partial charge is 0.213 e. The molecule has 0 radical (unpaired) electrons. The Labute approximate surface area is 99.5 Å². The average molecular weight is 248 g/mol. The zero-order valence-corrected chi connectivity index (χ0v) is 11.4. The maximum absolute atomic E-state index is 11.6. The molecule has 0 aromatic heterocycles. The van der Waals surface area contributed by atoms with Crippen LogP contribution in [0.5, 0.6) is 0 Å². The normalized spacial score (nSPS) is 20.5. The minimum Gasteiger partial charge on any atom is -0.314 e. The van der Waals surface area contributed by atoms with Gasteiger partial charge in [-0.05, 0) is 32.2 Å². The molecule has 96 valence electrons. The lowest BCUT2D eigenvalue weighted by molar-refractivity contribution is 0.284. The first-order valence-corrected chi connectivity index (χ1v) is 7.77. The summed E-state index contributed by atoms with van der Waals surface area (Å²) < 4.78 is 24.9. The number of piperidine rings is 1. The topological polar surface area (TPSA) is 49.4 Å². The van der Waals surface area contributed by atoms with Crippen LogP contribution in [-0.4, -0.2) is 44.2 Å². The number of hydrogen-bond donors (Lipinski definition) is 1. The maximum Gasteiger partial charge on any atom is 0.213 e. The van der Waals surface area contributed by atoms with Crippen LogP contribution in [0.4, 0.5) is 0 Å². The van der Waals surface area contributed by atoms with Gasteiger partial charge in [-0.2, -0.15) is 0 Å². The highest BCUT2D eigenvalue weighted by Gasteiger charge is 2.26. The molecule has 4 nitrogen and oxygen atoms in total. The number of rotatable bonds is 5. The third-order valence-corrected chi connectivity index (χ3v) is 4.91. The summed E-state index contributed by atoms with van der Waals surface area (Å²) in [4.78, 5) is 0. The van der Waals surface area contributed by atoms with E-state index in [9.17, 15) is 8.42 Å². The fourth-order valence-corrected chi connectivity index (χ4v) is 3.06. The lowest BCUT2D eigenvalue weighted by Crippen LogP contribution is -2.46. The Morgan fingerprint density at radius 3 is 2.31 bits per heavy atom. The first kappa shape index (κ1) is 13.9. The number of nitrogens with zero attached hydrogens (tertiary/aromatic N) is 1. The highest BCUT2D eigenvalue weighted by atomic mass is 32.2. The van der Waals surface area contributed by atoms with Gasteiger partial charge >= 0.3 is 0 Å². The maximum atomic E-state index is 11.6. The predicted octanol–water partition coefficient (Wildman–Crippen LogP) is 1.05. The molecule has 0 atom stereocenters. The quantitative estimate of drug-likeness (QED) is 0.791. The van der Waals surface area contributed by atoms with Crippen LogP contribution in [0.2, 0.25) is 0 Å². The van der Waals surface area contributed by atoms with Crippen molar-refractivity contribution in [3.63, 3.8) is 0 Å². The van der Waals surface area contributed by atoms with Crippen LogP contribution in [-0.2, 0) is 10.0 Å². The van der Waals surface area contributed by atoms with Gasteiger partial charge in [0.1, 0.15) is 0 Å². The Morgan fingerprint density at radius 2 is 1.88 bits per heavy atom. The van der Waals surface area contributed by atoms with Gasteiger partial charge in [-0.3, -0.25) is 0 Å². The summed E-state index contributed by atoms with van der Waals surface area (Å²) in [7, 11) is -2.97. The molecule has 1 aliphatic rings. The molecule has 0 aromatic carbocycles. The Morgan fingerprint density at radius 1 is 1.31 bits per heavy atom. The minimum atomic E-state index is -2.97. The van der Waals surface area contributed by atoms with Gasteiger partial charge in [0.25, 0.3) is 0 Å². The largest absolute Gasteiger partial charge is 0.314 e. The molecule has 1 rings (SSSR count). The van der Waals surface area contributed by atoms with E-state index in [0.29, 0.717) is 25.0 Å². The molecule has 5 heteroatoms. The summed E-state index contributed by atoms with van der Waals surface area (Å²) in [6.45, 7) is 8.44. The Hall–Kier alpha value is -0.130. The third kappa shape index (κ3) is 4.03. The zero-order valence-electron chi connectivity index (χ0n) is 10.6. The lowest BCUT2D eigenvalue weighted by atomic mass is 10.1. The van der Waals surface area contributed by atoms with Gasteiger partial charge in [-0.1, -0.05) is 13.8 Å². The van der Waals surface area contributed by atoms with Gasteiger partial charge < -0.3 is 5.32 Å². The molecule has 16 heavy (non-hydrogen) atoms. The molecule has 1 saturated heterocycles. The van der Waals surface area contributed by atoms with Gasteiger partial charge in [0.15, 0.2) is 0 Å². The first-order chi connectivity index (χ1) is 7.45. The summed E-state index contributed by atoms with van der Waals surface area (Å²) in [5.41, 5.74) is 0. The van der Waals surface area contributed by atoms with Crippen LogP contribution < -0.4 is 5.32 Å². The lowest BCUT2D eigenvalue weighted by Gasteiger charge is -2.31. The molecule has 1 heterocycles. The second kappa shape index (κ2) is 5.98. The van der Waals surface area contributed by atoms with Crippen LogP contribution >= 0.6 is 0 Å². The molecule has 0 amide bonds. The molecule has 0 aromatic rings. The van der Waals surface area contributed by atoms with Gasteiger partial charge in [0.2, 0.25) is 10.0 Å². The van der Waals surface area contributed by atoms with Crippen molar-refractivity contribution in [2.75, 3.05) is 25.4 Å². The summed E-state index contributed by atoms with van der Waals surface area (Å²) >= 11 is 0. The van der Waals surface area contributed by atoms with E-state index in [1.807, 2.05) is 0 Å². The number of hydrogen-bond acceptors (Lipinski definition) is 3. The molecule has 1 aliphatic heterocycles. The summed E-state index contributed by atoms with van der Waals surface area (Å²) in [6, 6.07) is 0.491. The minimum absolute atomic E-state index is 0.219. The summed E-state index contributed by atoms with van der Waals surface area (Å²) in [5.74, 6) is 0.870. The summed E-state index contributed by atoms with van der Waals surface area (Å²) in [6.07, 6.45) is 1.87. The van der Waals surface area contributed by atoms with E-state index < -0.39 is 10.0 Å². The van der Waals surface area contributed by atoms with E-state index in [2.05, 4.69) is 19.2 Å². The van der Waals surface area contributed by atoms with Crippen LogP contribution in [0.15, 0.2) is 0 Å². The highest BCUT2D eigenvalue weighted by Crippen LogP contribution is 2.14. The molecule has 0 aliphatic carbocycles. The van der Waals surface area contributed by atoms with Gasteiger partial charge in [-0.25, -0.2) is 12.7 Å². The van der Waals surface area contributed by atoms with Crippen molar-refractivity contribution in [2.24, 2.45) is 5.92 Å². The fourth-order valence-electron chi connectivity index (χ4n) is 1.92. The molecule has 0 spiro atoms. The van der Waals surface area contributed by atoms with Crippen LogP contribution in [0.1, 0.15) is 33.6 Å². The molecule has 0 unspecified atom stereocenters. The van der Waals surface area contributed by atoms with Crippen molar-refractivity contribution in [1.82, 2.24) is 9.62 Å². The molecule has 0 saturated carbocycles. The molecule has 0 bridgehead atoms. The van der Waals surface area contributed by atoms with Gasteiger partial charge in [-0.15, -0.1) is 0 Å². The molecule has 1 N–H and O–H groups in total. The Kier molecular flexibility index (Phi) is 5.21. The zero-order chi connectivity index (χ0) is 12.2. The van der Waals surface area contributed by atoms with Crippen molar-refractivity contribution >= 4 is 10.0 Å². The summed E-state index contributed by atoms with van der Waals surface area (Å²) in [5, 5.41) is 3.49. The van der Waals surface area contributed by atoms with E-state index in [1.54, 1.807) is 11.2 Å². The average Bonchev–Trinajstić information content (AvgIpc) is 2.27. The van der Waals surface area contributed by atoms with Crippen molar-refractivity contribution in [3.05, 3.63) is 0 Å². The first-order valence-electron chi connectivity index (χ1n) is 6.17. The van der Waals surface area contributed by atoms with E-state index in [0.717, 1.165) is 19.4 Å². The van der Waals surface area contributed by atoms with Crippen molar-refractivity contribution in [2.45, 2.75) is 39.7 Å². The van der Waals surface area contributed by atoms with E-state index in [4.69, 9.17) is 0 Å². The predicted molar refractivity (Wildman–Crippen MR) is 66.9 cm³/mol. The van der Waals surface area contributed by atoms with Gasteiger partial charge in [0, 0.05) is 19.1 Å². The standard InChI is InChI=1S/C11H24N2O2S/c1-4-16(14,15)13-7-5-11(6-8-13)12-9-10(2)3/h10-12H,4-9H2,1-3H3. The molecular weight excluding hydrogens is 224 g/mol. The monoisotopic (exact) mass is 248 g/mol. The van der Waals surface area contributed by atoms with Crippen LogP contribution in [0.3, 0.4) is 0 Å². The third-order valence-electron chi connectivity index (χ3n) is 3.03. The van der Waals surface area contributed by atoms with Crippen LogP contribution in [0.25, 0.3) is 0 Å². The fraction of sp³-hybridized carbons (Fsp3) is 1.00. The Balaban J connectivity index is 2.34. The van der Waals surface area contributed by atoms with E-state index >= 15 is 0 Å². The van der Waals surface area contributed by atoms with Crippen molar-refractivity contribution in [1.29, 1.82) is 0 Å².